The third-order valence-corrected chi connectivity index (χ3v) is 4.07. The van der Waals surface area contributed by atoms with Gasteiger partial charge in [-0.25, -0.2) is 4.79 Å². The molecule has 0 amide bonds. The highest BCUT2D eigenvalue weighted by Crippen LogP contribution is 2.44. The van der Waals surface area contributed by atoms with Crippen LogP contribution in [0.4, 0.5) is 0 Å². The number of nitrogens with zero attached hydrogens (tertiary/aromatic N) is 1. The number of halogens is 1. The molecule has 3 heteroatoms. The summed E-state index contributed by atoms with van der Waals surface area (Å²) in [5.74, 6) is 0. The highest BCUT2D eigenvalue weighted by Gasteiger charge is 2.37. The fourth-order valence-corrected chi connectivity index (χ4v) is 3.06. The standard InChI is InChI=1S/C14H16ClNO/c1-10-7-12(11(2)13(15)8-10)14(16-9-17)5-3-4-6-14/h7-8H,3-6H2,1-2H3. The van der Waals surface area contributed by atoms with Crippen molar-refractivity contribution in [3.05, 3.63) is 33.8 Å². The minimum atomic E-state index is -0.374. The number of hydrogen-bond donors (Lipinski definition) is 0. The van der Waals surface area contributed by atoms with Crippen LogP contribution >= 0.6 is 11.6 Å². The summed E-state index contributed by atoms with van der Waals surface area (Å²) in [6.07, 6.45) is 5.80. The average Bonchev–Trinajstić information content (AvgIpc) is 2.73. The Balaban J connectivity index is 2.61. The van der Waals surface area contributed by atoms with Crippen LogP contribution in [0.15, 0.2) is 17.1 Å². The highest BCUT2D eigenvalue weighted by atomic mass is 35.5. The van der Waals surface area contributed by atoms with E-state index in [0.717, 1.165) is 47.4 Å². The SMILES string of the molecule is Cc1cc(Cl)c(C)c(C2(N=C=O)CCCC2)c1. The van der Waals surface area contributed by atoms with Gasteiger partial charge in [0.2, 0.25) is 6.08 Å². The number of isocyanates is 1. The summed E-state index contributed by atoms with van der Waals surface area (Å²) >= 11 is 6.22. The van der Waals surface area contributed by atoms with Crippen molar-refractivity contribution in [2.24, 2.45) is 4.99 Å². The molecular weight excluding hydrogens is 234 g/mol. The smallest absolute Gasteiger partial charge is 0.211 e. The summed E-state index contributed by atoms with van der Waals surface area (Å²) in [6.45, 7) is 4.01. The van der Waals surface area contributed by atoms with E-state index in [9.17, 15) is 4.79 Å². The molecule has 1 fully saturated rings. The summed E-state index contributed by atoms with van der Waals surface area (Å²) in [7, 11) is 0. The zero-order valence-electron chi connectivity index (χ0n) is 10.2. The van der Waals surface area contributed by atoms with Gasteiger partial charge in [-0.05, 0) is 49.4 Å². The van der Waals surface area contributed by atoms with Crippen molar-refractivity contribution >= 4 is 17.7 Å². The van der Waals surface area contributed by atoms with Gasteiger partial charge in [-0.2, -0.15) is 4.99 Å². The van der Waals surface area contributed by atoms with Gasteiger partial charge in [-0.15, -0.1) is 0 Å². The highest BCUT2D eigenvalue weighted by molar-refractivity contribution is 6.31. The number of hydrogen-bond acceptors (Lipinski definition) is 2. The molecule has 0 spiro atoms. The lowest BCUT2D eigenvalue weighted by molar-refractivity contribution is 0.453. The van der Waals surface area contributed by atoms with Crippen LogP contribution in [0.25, 0.3) is 0 Å². The third kappa shape index (κ3) is 2.15. The summed E-state index contributed by atoms with van der Waals surface area (Å²) < 4.78 is 0. The van der Waals surface area contributed by atoms with Crippen LogP contribution in [-0.2, 0) is 10.3 Å². The maximum atomic E-state index is 10.7. The van der Waals surface area contributed by atoms with Crippen molar-refractivity contribution in [3.63, 3.8) is 0 Å². The number of rotatable bonds is 2. The second-order valence-electron chi connectivity index (χ2n) is 4.86. The molecule has 0 saturated heterocycles. The van der Waals surface area contributed by atoms with Gasteiger partial charge in [0.1, 0.15) is 0 Å². The molecule has 1 aliphatic rings. The molecular formula is C14H16ClNO. The maximum Gasteiger partial charge on any atom is 0.235 e. The molecule has 0 N–H and O–H groups in total. The van der Waals surface area contributed by atoms with Gasteiger partial charge >= 0.3 is 0 Å². The monoisotopic (exact) mass is 249 g/mol. The van der Waals surface area contributed by atoms with Crippen molar-refractivity contribution in [2.45, 2.75) is 45.1 Å². The topological polar surface area (TPSA) is 29.4 Å². The predicted molar refractivity (Wildman–Crippen MR) is 69.2 cm³/mol. The minimum Gasteiger partial charge on any atom is -0.211 e. The zero-order valence-corrected chi connectivity index (χ0v) is 11.0. The molecule has 1 aromatic carbocycles. The summed E-state index contributed by atoms with van der Waals surface area (Å²) in [5, 5.41) is 0.757. The Kier molecular flexibility index (Phi) is 3.37. The molecule has 2 nitrogen and oxygen atoms in total. The van der Waals surface area contributed by atoms with Crippen LogP contribution in [-0.4, -0.2) is 6.08 Å². The molecule has 0 heterocycles. The Labute approximate surface area is 107 Å². The zero-order chi connectivity index (χ0) is 12.5. The Hall–Kier alpha value is -1.11. The predicted octanol–water partition coefficient (Wildman–Crippen LogP) is 4.06. The number of carbonyl (C=O) groups excluding carboxylic acids is 1. The Morgan fingerprint density at radius 3 is 2.53 bits per heavy atom. The van der Waals surface area contributed by atoms with E-state index in [1.807, 2.05) is 19.9 Å². The Morgan fingerprint density at radius 2 is 1.94 bits per heavy atom. The minimum absolute atomic E-state index is 0.374. The molecule has 0 bridgehead atoms. The molecule has 17 heavy (non-hydrogen) atoms. The third-order valence-electron chi connectivity index (χ3n) is 3.68. The van der Waals surface area contributed by atoms with E-state index >= 15 is 0 Å². The van der Waals surface area contributed by atoms with E-state index in [1.165, 1.54) is 0 Å². The van der Waals surface area contributed by atoms with Gasteiger partial charge < -0.3 is 0 Å². The van der Waals surface area contributed by atoms with Crippen molar-refractivity contribution in [2.75, 3.05) is 0 Å². The van der Waals surface area contributed by atoms with Crippen LogP contribution in [0.3, 0.4) is 0 Å². The van der Waals surface area contributed by atoms with Gasteiger partial charge in [0.05, 0.1) is 5.54 Å². The van der Waals surface area contributed by atoms with Crippen LogP contribution in [0.2, 0.25) is 5.02 Å². The largest absolute Gasteiger partial charge is 0.235 e. The molecule has 1 aromatic rings. The van der Waals surface area contributed by atoms with Crippen molar-refractivity contribution < 1.29 is 4.79 Å². The van der Waals surface area contributed by atoms with Gasteiger partial charge in [0, 0.05) is 5.02 Å². The normalized spacial score (nSPS) is 17.8. The Bertz CT molecular complexity index is 483. The molecule has 0 aliphatic heterocycles. The fraction of sp³-hybridized carbons (Fsp3) is 0.500. The van der Waals surface area contributed by atoms with E-state index in [4.69, 9.17) is 11.6 Å². The lowest BCUT2D eigenvalue weighted by atomic mass is 9.85. The van der Waals surface area contributed by atoms with E-state index in [2.05, 4.69) is 11.1 Å². The first-order chi connectivity index (χ1) is 8.09. The average molecular weight is 250 g/mol. The summed E-state index contributed by atoms with van der Waals surface area (Å²) in [6, 6.07) is 4.06. The lowest BCUT2D eigenvalue weighted by Gasteiger charge is -2.26. The quantitative estimate of drug-likeness (QED) is 0.574. The molecule has 1 saturated carbocycles. The maximum absolute atomic E-state index is 10.7. The number of aliphatic imine (C=N–C) groups is 1. The van der Waals surface area contributed by atoms with E-state index < -0.39 is 0 Å². The Morgan fingerprint density at radius 1 is 1.29 bits per heavy atom. The van der Waals surface area contributed by atoms with Gasteiger partial charge in [0.15, 0.2) is 0 Å². The summed E-state index contributed by atoms with van der Waals surface area (Å²) in [4.78, 5) is 14.8. The van der Waals surface area contributed by atoms with Crippen molar-refractivity contribution in [3.8, 4) is 0 Å². The van der Waals surface area contributed by atoms with E-state index in [0.29, 0.717) is 0 Å². The van der Waals surface area contributed by atoms with E-state index in [-0.39, 0.29) is 5.54 Å². The van der Waals surface area contributed by atoms with Crippen molar-refractivity contribution in [1.29, 1.82) is 0 Å². The van der Waals surface area contributed by atoms with Gasteiger partial charge in [-0.3, -0.25) is 0 Å². The fourth-order valence-electron chi connectivity index (χ4n) is 2.79. The molecule has 0 unspecified atom stereocenters. The van der Waals surface area contributed by atoms with Crippen LogP contribution in [0.5, 0.6) is 0 Å². The molecule has 0 atom stereocenters. The number of benzene rings is 1. The number of aryl methyl sites for hydroxylation is 1. The van der Waals surface area contributed by atoms with Crippen LogP contribution in [0, 0.1) is 13.8 Å². The van der Waals surface area contributed by atoms with Crippen molar-refractivity contribution in [1.82, 2.24) is 0 Å². The first-order valence-corrected chi connectivity index (χ1v) is 6.33. The van der Waals surface area contributed by atoms with Crippen LogP contribution < -0.4 is 0 Å². The second-order valence-corrected chi connectivity index (χ2v) is 5.27. The first-order valence-electron chi connectivity index (χ1n) is 5.95. The molecule has 2 rings (SSSR count). The molecule has 1 aliphatic carbocycles. The molecule has 0 radical (unpaired) electrons. The van der Waals surface area contributed by atoms with Crippen LogP contribution in [0.1, 0.15) is 42.4 Å². The molecule has 90 valence electrons. The summed E-state index contributed by atoms with van der Waals surface area (Å²) in [5.41, 5.74) is 2.88. The molecule has 0 aromatic heterocycles. The van der Waals surface area contributed by atoms with E-state index in [1.54, 1.807) is 6.08 Å². The lowest BCUT2D eigenvalue weighted by Crippen LogP contribution is -2.20. The van der Waals surface area contributed by atoms with Gasteiger partial charge in [0.25, 0.3) is 0 Å². The first kappa shape index (κ1) is 12.3. The van der Waals surface area contributed by atoms with Gasteiger partial charge in [-0.1, -0.05) is 30.5 Å². The second kappa shape index (κ2) is 4.64.